The van der Waals surface area contributed by atoms with Crippen LogP contribution in [0.1, 0.15) is 11.5 Å². The topological polar surface area (TPSA) is 47.6 Å². The van der Waals surface area contributed by atoms with E-state index in [4.69, 9.17) is 9.47 Å². The lowest BCUT2D eigenvalue weighted by Gasteiger charge is -2.17. The standard InChI is InChI=1S/C13H16BrNO3/c1-17-12-4-3-8(5-11(12)14)9-6-15-7-10(9)13(16)18-2/h3-5,9-10,15H,6-7H2,1-2H3. The number of nitrogens with one attached hydrogen (secondary N) is 1. The summed E-state index contributed by atoms with van der Waals surface area (Å²) in [5.41, 5.74) is 1.11. The Labute approximate surface area is 115 Å². The highest BCUT2D eigenvalue weighted by atomic mass is 79.9. The van der Waals surface area contributed by atoms with E-state index < -0.39 is 0 Å². The summed E-state index contributed by atoms with van der Waals surface area (Å²) in [4.78, 5) is 11.7. The van der Waals surface area contributed by atoms with Crippen molar-refractivity contribution in [1.29, 1.82) is 0 Å². The van der Waals surface area contributed by atoms with E-state index in [0.717, 1.165) is 22.3 Å². The molecule has 1 aliphatic heterocycles. The largest absolute Gasteiger partial charge is 0.496 e. The first-order chi connectivity index (χ1) is 8.67. The second kappa shape index (κ2) is 5.71. The molecule has 1 saturated heterocycles. The first-order valence-corrected chi connectivity index (χ1v) is 6.58. The van der Waals surface area contributed by atoms with Crippen LogP contribution < -0.4 is 10.1 Å². The summed E-state index contributed by atoms with van der Waals surface area (Å²) < 4.78 is 11.0. The number of hydrogen-bond donors (Lipinski definition) is 1. The fourth-order valence-electron chi connectivity index (χ4n) is 2.34. The van der Waals surface area contributed by atoms with Gasteiger partial charge in [0.1, 0.15) is 5.75 Å². The molecule has 1 aromatic rings. The second-order valence-electron chi connectivity index (χ2n) is 4.29. The molecule has 2 rings (SSSR count). The van der Waals surface area contributed by atoms with Gasteiger partial charge in [0, 0.05) is 19.0 Å². The van der Waals surface area contributed by atoms with Gasteiger partial charge in [0.25, 0.3) is 0 Å². The van der Waals surface area contributed by atoms with E-state index in [1.165, 1.54) is 7.11 Å². The van der Waals surface area contributed by atoms with Gasteiger partial charge in [-0.05, 0) is 33.6 Å². The minimum atomic E-state index is -0.156. The lowest BCUT2D eigenvalue weighted by molar-refractivity contribution is -0.145. The molecule has 2 unspecified atom stereocenters. The molecule has 4 nitrogen and oxygen atoms in total. The number of benzene rings is 1. The third-order valence-corrected chi connectivity index (χ3v) is 3.94. The highest BCUT2D eigenvalue weighted by Gasteiger charge is 2.34. The average molecular weight is 314 g/mol. The summed E-state index contributed by atoms with van der Waals surface area (Å²) in [7, 11) is 3.07. The van der Waals surface area contributed by atoms with Crippen molar-refractivity contribution in [3.8, 4) is 5.75 Å². The third kappa shape index (κ3) is 2.52. The smallest absolute Gasteiger partial charge is 0.310 e. The summed E-state index contributed by atoms with van der Waals surface area (Å²) in [5, 5.41) is 3.24. The Morgan fingerprint density at radius 1 is 1.39 bits per heavy atom. The molecule has 0 spiro atoms. The molecule has 0 saturated carbocycles. The maximum atomic E-state index is 11.7. The van der Waals surface area contributed by atoms with Crippen molar-refractivity contribution in [2.45, 2.75) is 5.92 Å². The van der Waals surface area contributed by atoms with E-state index in [2.05, 4.69) is 21.2 Å². The van der Waals surface area contributed by atoms with Gasteiger partial charge in [0.2, 0.25) is 0 Å². The minimum absolute atomic E-state index is 0.115. The number of carbonyl (C=O) groups excluding carboxylic acids is 1. The number of carbonyl (C=O) groups is 1. The lowest BCUT2D eigenvalue weighted by atomic mass is 9.89. The summed E-state index contributed by atoms with van der Waals surface area (Å²) in [6.07, 6.45) is 0. The molecule has 18 heavy (non-hydrogen) atoms. The molecule has 1 N–H and O–H groups in total. The van der Waals surface area contributed by atoms with Crippen LogP contribution >= 0.6 is 15.9 Å². The Hall–Kier alpha value is -1.07. The number of hydrogen-bond acceptors (Lipinski definition) is 4. The van der Waals surface area contributed by atoms with Gasteiger partial charge in [0.05, 0.1) is 24.6 Å². The summed E-state index contributed by atoms with van der Waals surface area (Å²) in [6, 6.07) is 5.91. The first kappa shape index (κ1) is 13.4. The molecule has 2 atom stereocenters. The zero-order valence-electron chi connectivity index (χ0n) is 10.4. The SMILES string of the molecule is COC(=O)C1CNCC1c1ccc(OC)c(Br)c1. The van der Waals surface area contributed by atoms with Gasteiger partial charge >= 0.3 is 5.97 Å². The van der Waals surface area contributed by atoms with Crippen molar-refractivity contribution in [2.75, 3.05) is 27.3 Å². The van der Waals surface area contributed by atoms with Gasteiger partial charge < -0.3 is 14.8 Å². The van der Waals surface area contributed by atoms with E-state index >= 15 is 0 Å². The predicted octanol–water partition coefficient (Wildman–Crippen LogP) is 1.93. The molecule has 98 valence electrons. The molecule has 0 amide bonds. The normalized spacial score (nSPS) is 22.8. The Morgan fingerprint density at radius 3 is 2.78 bits per heavy atom. The maximum absolute atomic E-state index is 11.7. The quantitative estimate of drug-likeness (QED) is 0.866. The molecule has 0 aromatic heterocycles. The van der Waals surface area contributed by atoms with Crippen molar-refractivity contribution < 1.29 is 14.3 Å². The fraction of sp³-hybridized carbons (Fsp3) is 0.462. The Bertz CT molecular complexity index is 450. The monoisotopic (exact) mass is 313 g/mol. The molecule has 1 fully saturated rings. The van der Waals surface area contributed by atoms with Gasteiger partial charge in [0.15, 0.2) is 0 Å². The minimum Gasteiger partial charge on any atom is -0.496 e. The highest BCUT2D eigenvalue weighted by Crippen LogP contribution is 2.34. The van der Waals surface area contributed by atoms with Gasteiger partial charge in [-0.15, -0.1) is 0 Å². The van der Waals surface area contributed by atoms with Crippen molar-refractivity contribution >= 4 is 21.9 Å². The van der Waals surface area contributed by atoms with Gasteiger partial charge in [-0.2, -0.15) is 0 Å². The van der Waals surface area contributed by atoms with Crippen LogP contribution in [0.2, 0.25) is 0 Å². The van der Waals surface area contributed by atoms with Crippen LogP contribution in [0.3, 0.4) is 0 Å². The second-order valence-corrected chi connectivity index (χ2v) is 5.14. The molecule has 0 aliphatic carbocycles. The summed E-state index contributed by atoms with van der Waals surface area (Å²) >= 11 is 3.47. The molecule has 5 heteroatoms. The number of rotatable bonds is 3. The van der Waals surface area contributed by atoms with Crippen molar-refractivity contribution in [2.24, 2.45) is 5.92 Å². The number of ether oxygens (including phenoxy) is 2. The highest BCUT2D eigenvalue weighted by molar-refractivity contribution is 9.10. The molecular weight excluding hydrogens is 298 g/mol. The predicted molar refractivity (Wildman–Crippen MR) is 71.8 cm³/mol. The van der Waals surface area contributed by atoms with Crippen LogP contribution in [0.5, 0.6) is 5.75 Å². The Kier molecular flexibility index (Phi) is 4.24. The molecule has 1 aliphatic rings. The van der Waals surface area contributed by atoms with E-state index in [1.54, 1.807) is 7.11 Å². The summed E-state index contributed by atoms with van der Waals surface area (Å²) in [6.45, 7) is 1.46. The fourth-order valence-corrected chi connectivity index (χ4v) is 2.90. The number of halogens is 1. The van der Waals surface area contributed by atoms with E-state index in [-0.39, 0.29) is 17.8 Å². The lowest BCUT2D eigenvalue weighted by Crippen LogP contribution is -2.22. The molecule has 1 aromatic carbocycles. The van der Waals surface area contributed by atoms with Crippen molar-refractivity contribution in [3.63, 3.8) is 0 Å². The molecule has 1 heterocycles. The van der Waals surface area contributed by atoms with Gasteiger partial charge in [-0.1, -0.05) is 6.07 Å². The van der Waals surface area contributed by atoms with Crippen molar-refractivity contribution in [3.05, 3.63) is 28.2 Å². The number of esters is 1. The zero-order chi connectivity index (χ0) is 13.1. The van der Waals surface area contributed by atoms with Gasteiger partial charge in [-0.3, -0.25) is 4.79 Å². The van der Waals surface area contributed by atoms with E-state index in [0.29, 0.717) is 6.54 Å². The van der Waals surface area contributed by atoms with E-state index in [9.17, 15) is 4.79 Å². The van der Waals surface area contributed by atoms with Crippen LogP contribution in [0, 0.1) is 5.92 Å². The maximum Gasteiger partial charge on any atom is 0.310 e. The zero-order valence-corrected chi connectivity index (χ0v) is 12.0. The van der Waals surface area contributed by atoms with Crippen LogP contribution in [0.4, 0.5) is 0 Å². The Balaban J connectivity index is 2.25. The summed E-state index contributed by atoms with van der Waals surface area (Å²) in [5.74, 6) is 0.672. The average Bonchev–Trinajstić information content (AvgIpc) is 2.86. The molecular formula is C13H16BrNO3. The van der Waals surface area contributed by atoms with Crippen LogP contribution in [-0.2, 0) is 9.53 Å². The first-order valence-electron chi connectivity index (χ1n) is 5.79. The molecule has 0 bridgehead atoms. The van der Waals surface area contributed by atoms with E-state index in [1.807, 2.05) is 18.2 Å². The molecule has 0 radical (unpaired) electrons. The van der Waals surface area contributed by atoms with Crippen LogP contribution in [0.15, 0.2) is 22.7 Å². The van der Waals surface area contributed by atoms with Crippen molar-refractivity contribution in [1.82, 2.24) is 5.32 Å². The van der Waals surface area contributed by atoms with Gasteiger partial charge in [-0.25, -0.2) is 0 Å². The Morgan fingerprint density at radius 2 is 2.17 bits per heavy atom. The third-order valence-electron chi connectivity index (χ3n) is 3.32. The van der Waals surface area contributed by atoms with Crippen LogP contribution in [0.25, 0.3) is 0 Å². The number of methoxy groups -OCH3 is 2. The van der Waals surface area contributed by atoms with Crippen LogP contribution in [-0.4, -0.2) is 33.3 Å².